The summed E-state index contributed by atoms with van der Waals surface area (Å²) in [7, 11) is 1.62. The van der Waals surface area contributed by atoms with Crippen LogP contribution in [0.4, 0.5) is 10.5 Å². The maximum absolute atomic E-state index is 12.3. The minimum atomic E-state index is -0.145. The molecule has 0 spiro atoms. The molecule has 0 radical (unpaired) electrons. The van der Waals surface area contributed by atoms with Gasteiger partial charge in [0.1, 0.15) is 5.75 Å². The third kappa shape index (κ3) is 5.09. The van der Waals surface area contributed by atoms with Gasteiger partial charge in [-0.1, -0.05) is 6.07 Å². The molecular weight excluding hydrogens is 318 g/mol. The number of anilines is 1. The second-order valence-corrected chi connectivity index (χ2v) is 6.99. The van der Waals surface area contributed by atoms with Crippen molar-refractivity contribution in [3.8, 4) is 5.75 Å². The van der Waals surface area contributed by atoms with Crippen molar-refractivity contribution in [1.29, 1.82) is 0 Å². The third-order valence-electron chi connectivity index (χ3n) is 5.10. The highest BCUT2D eigenvalue weighted by Gasteiger charge is 2.24. The summed E-state index contributed by atoms with van der Waals surface area (Å²) < 4.78 is 10.9. The van der Waals surface area contributed by atoms with Gasteiger partial charge in [0.05, 0.1) is 13.2 Å². The summed E-state index contributed by atoms with van der Waals surface area (Å²) in [6, 6.07) is 5.76. The van der Waals surface area contributed by atoms with Crippen LogP contribution < -0.4 is 15.4 Å². The highest BCUT2D eigenvalue weighted by molar-refractivity contribution is 5.90. The van der Waals surface area contributed by atoms with Gasteiger partial charge in [-0.15, -0.1) is 0 Å². The van der Waals surface area contributed by atoms with Gasteiger partial charge in [-0.3, -0.25) is 0 Å². The molecule has 2 aliphatic heterocycles. The molecule has 2 N–H and O–H groups in total. The van der Waals surface area contributed by atoms with Crippen LogP contribution in [-0.2, 0) is 4.74 Å². The molecular formula is C19H29N3O3. The van der Waals surface area contributed by atoms with Crippen molar-refractivity contribution in [2.75, 3.05) is 38.7 Å². The first-order valence-electron chi connectivity index (χ1n) is 9.20. The van der Waals surface area contributed by atoms with Crippen LogP contribution >= 0.6 is 0 Å². The van der Waals surface area contributed by atoms with Gasteiger partial charge in [0.15, 0.2) is 0 Å². The molecule has 2 aliphatic rings. The Morgan fingerprint density at radius 2 is 2.12 bits per heavy atom. The van der Waals surface area contributed by atoms with Gasteiger partial charge < -0.3 is 25.0 Å². The average Bonchev–Trinajstić information content (AvgIpc) is 3.11. The quantitative estimate of drug-likeness (QED) is 0.860. The molecule has 6 heteroatoms. The first-order chi connectivity index (χ1) is 12.1. The second-order valence-electron chi connectivity index (χ2n) is 6.99. The first-order valence-corrected chi connectivity index (χ1v) is 9.20. The van der Waals surface area contributed by atoms with E-state index in [1.54, 1.807) is 7.11 Å². The SMILES string of the molecule is COc1ccc(C)c(NC(=O)NC2CCN(C[C@H]3CCCO3)CC2)c1. The lowest BCUT2D eigenvalue weighted by atomic mass is 10.0. The number of methoxy groups -OCH3 is 1. The van der Waals surface area contributed by atoms with Crippen molar-refractivity contribution in [2.45, 2.75) is 44.8 Å². The zero-order chi connectivity index (χ0) is 17.6. The number of hydrogen-bond donors (Lipinski definition) is 2. The van der Waals surface area contributed by atoms with E-state index in [0.29, 0.717) is 6.10 Å². The Labute approximate surface area is 149 Å². The van der Waals surface area contributed by atoms with Crippen LogP contribution in [0.3, 0.4) is 0 Å². The molecule has 1 aromatic rings. The summed E-state index contributed by atoms with van der Waals surface area (Å²) in [5.74, 6) is 0.739. The number of benzene rings is 1. The zero-order valence-corrected chi connectivity index (χ0v) is 15.2. The number of carbonyl (C=O) groups is 1. The Balaban J connectivity index is 1.43. The van der Waals surface area contributed by atoms with E-state index in [1.807, 2.05) is 25.1 Å². The molecule has 0 aliphatic carbocycles. The smallest absolute Gasteiger partial charge is 0.319 e. The molecule has 138 valence electrons. The van der Waals surface area contributed by atoms with Crippen LogP contribution in [0.2, 0.25) is 0 Å². The Morgan fingerprint density at radius 3 is 2.80 bits per heavy atom. The second kappa shape index (κ2) is 8.54. The third-order valence-corrected chi connectivity index (χ3v) is 5.10. The maximum atomic E-state index is 12.3. The number of ether oxygens (including phenoxy) is 2. The molecule has 1 aromatic carbocycles. The fraction of sp³-hybridized carbons (Fsp3) is 0.632. The largest absolute Gasteiger partial charge is 0.497 e. The van der Waals surface area contributed by atoms with E-state index in [1.165, 1.54) is 12.8 Å². The number of carbonyl (C=O) groups excluding carboxylic acids is 1. The molecule has 2 fully saturated rings. The number of piperidine rings is 1. The van der Waals surface area contributed by atoms with Crippen molar-refractivity contribution >= 4 is 11.7 Å². The van der Waals surface area contributed by atoms with Gasteiger partial charge in [-0.25, -0.2) is 4.79 Å². The number of urea groups is 1. The van der Waals surface area contributed by atoms with E-state index in [2.05, 4.69) is 15.5 Å². The Kier molecular flexibility index (Phi) is 6.15. The summed E-state index contributed by atoms with van der Waals surface area (Å²) in [4.78, 5) is 14.8. The molecule has 0 saturated carbocycles. The number of aryl methyl sites for hydroxylation is 1. The fourth-order valence-corrected chi connectivity index (χ4v) is 3.54. The van der Waals surface area contributed by atoms with Gasteiger partial charge in [0.25, 0.3) is 0 Å². The normalized spacial score (nSPS) is 21.9. The predicted octanol–water partition coefficient (Wildman–Crippen LogP) is 2.77. The van der Waals surface area contributed by atoms with E-state index in [9.17, 15) is 4.79 Å². The van der Waals surface area contributed by atoms with Crippen LogP contribution in [-0.4, -0.2) is 56.4 Å². The zero-order valence-electron chi connectivity index (χ0n) is 15.2. The van der Waals surface area contributed by atoms with Crippen LogP contribution in [0.1, 0.15) is 31.2 Å². The minimum Gasteiger partial charge on any atom is -0.497 e. The first kappa shape index (κ1) is 18.0. The molecule has 2 heterocycles. The lowest BCUT2D eigenvalue weighted by Gasteiger charge is -2.33. The van der Waals surface area contributed by atoms with Gasteiger partial charge in [0.2, 0.25) is 0 Å². The summed E-state index contributed by atoms with van der Waals surface area (Å²) in [6.45, 7) is 5.94. The summed E-state index contributed by atoms with van der Waals surface area (Å²) in [5.41, 5.74) is 1.80. The molecule has 25 heavy (non-hydrogen) atoms. The van der Waals surface area contributed by atoms with Crippen molar-refractivity contribution in [2.24, 2.45) is 0 Å². The molecule has 3 rings (SSSR count). The van der Waals surface area contributed by atoms with Gasteiger partial charge in [0, 0.05) is 44.0 Å². The van der Waals surface area contributed by atoms with E-state index in [4.69, 9.17) is 9.47 Å². The molecule has 1 atom stereocenters. The number of hydrogen-bond acceptors (Lipinski definition) is 4. The topological polar surface area (TPSA) is 62.8 Å². The molecule has 2 saturated heterocycles. The summed E-state index contributed by atoms with van der Waals surface area (Å²) in [5, 5.41) is 6.04. The summed E-state index contributed by atoms with van der Waals surface area (Å²) in [6.07, 6.45) is 4.74. The van der Waals surface area contributed by atoms with Crippen molar-refractivity contribution in [1.82, 2.24) is 10.2 Å². The standard InChI is InChI=1S/C19H29N3O3/c1-14-5-6-16(24-2)12-18(14)21-19(23)20-15-7-9-22(10-8-15)13-17-4-3-11-25-17/h5-6,12,15,17H,3-4,7-11,13H2,1-2H3,(H2,20,21,23)/t17-/m1/s1. The van der Waals surface area contributed by atoms with Gasteiger partial charge in [-0.2, -0.15) is 0 Å². The van der Waals surface area contributed by atoms with Crippen LogP contribution in [0, 0.1) is 6.92 Å². The maximum Gasteiger partial charge on any atom is 0.319 e. The Bertz CT molecular complexity index is 579. The van der Waals surface area contributed by atoms with Crippen molar-refractivity contribution < 1.29 is 14.3 Å². The molecule has 0 aromatic heterocycles. The van der Waals surface area contributed by atoms with Crippen molar-refractivity contribution in [3.63, 3.8) is 0 Å². The van der Waals surface area contributed by atoms with Crippen molar-refractivity contribution in [3.05, 3.63) is 23.8 Å². The number of amides is 2. The lowest BCUT2D eigenvalue weighted by Crippen LogP contribution is -2.47. The monoisotopic (exact) mass is 347 g/mol. The van der Waals surface area contributed by atoms with Crippen LogP contribution in [0.25, 0.3) is 0 Å². The van der Waals surface area contributed by atoms with E-state index in [-0.39, 0.29) is 12.1 Å². The predicted molar refractivity (Wildman–Crippen MR) is 98.3 cm³/mol. The van der Waals surface area contributed by atoms with E-state index in [0.717, 1.165) is 56.1 Å². The van der Waals surface area contributed by atoms with Crippen LogP contribution in [0.15, 0.2) is 18.2 Å². The van der Waals surface area contributed by atoms with Gasteiger partial charge in [-0.05, 0) is 44.2 Å². The number of nitrogens with one attached hydrogen (secondary N) is 2. The molecule has 0 bridgehead atoms. The average molecular weight is 347 g/mol. The minimum absolute atomic E-state index is 0.145. The fourth-order valence-electron chi connectivity index (χ4n) is 3.54. The molecule has 6 nitrogen and oxygen atoms in total. The molecule has 0 unspecified atom stereocenters. The summed E-state index contributed by atoms with van der Waals surface area (Å²) >= 11 is 0. The van der Waals surface area contributed by atoms with Gasteiger partial charge >= 0.3 is 6.03 Å². The highest BCUT2D eigenvalue weighted by atomic mass is 16.5. The number of rotatable bonds is 5. The molecule has 2 amide bonds. The van der Waals surface area contributed by atoms with E-state index >= 15 is 0 Å². The van der Waals surface area contributed by atoms with E-state index < -0.39 is 0 Å². The Morgan fingerprint density at radius 1 is 1.32 bits per heavy atom. The lowest BCUT2D eigenvalue weighted by molar-refractivity contribution is 0.0633. The highest BCUT2D eigenvalue weighted by Crippen LogP contribution is 2.22. The van der Waals surface area contributed by atoms with Crippen LogP contribution in [0.5, 0.6) is 5.75 Å². The number of likely N-dealkylation sites (tertiary alicyclic amines) is 1. The Hall–Kier alpha value is -1.79. The number of nitrogens with zero attached hydrogens (tertiary/aromatic N) is 1.